The van der Waals surface area contributed by atoms with Crippen LogP contribution in [0.4, 0.5) is 0 Å². The van der Waals surface area contributed by atoms with Gasteiger partial charge in [0.15, 0.2) is 6.61 Å². The molecule has 4 nitrogen and oxygen atoms in total. The largest absolute Gasteiger partial charge is 0.484 e. The Morgan fingerprint density at radius 2 is 2.15 bits per heavy atom. The van der Waals surface area contributed by atoms with Crippen LogP contribution in [0.3, 0.4) is 0 Å². The molecule has 138 valence electrons. The average Bonchev–Trinajstić information content (AvgIpc) is 3.36. The van der Waals surface area contributed by atoms with Crippen LogP contribution in [-0.2, 0) is 24.2 Å². The molecule has 26 heavy (non-hydrogen) atoms. The second kappa shape index (κ2) is 8.23. The third-order valence-corrected chi connectivity index (χ3v) is 6.23. The molecule has 2 aliphatic rings. The van der Waals surface area contributed by atoms with Crippen LogP contribution in [0.2, 0.25) is 0 Å². The fraction of sp³-hybridized carbons (Fsp3) is 0.476. The Labute approximate surface area is 159 Å². The summed E-state index contributed by atoms with van der Waals surface area (Å²) in [5.41, 5.74) is 2.80. The summed E-state index contributed by atoms with van der Waals surface area (Å²) in [5, 5.41) is 5.49. The second-order valence-electron chi connectivity index (χ2n) is 7.17. The summed E-state index contributed by atoms with van der Waals surface area (Å²) >= 11 is 1.71. The van der Waals surface area contributed by atoms with E-state index in [4.69, 9.17) is 4.74 Å². The number of thiophene rings is 1. The van der Waals surface area contributed by atoms with Gasteiger partial charge in [-0.15, -0.1) is 11.3 Å². The van der Waals surface area contributed by atoms with E-state index in [1.54, 1.807) is 11.3 Å². The van der Waals surface area contributed by atoms with Crippen LogP contribution in [-0.4, -0.2) is 36.5 Å². The highest BCUT2D eigenvalue weighted by Gasteiger charge is 2.26. The number of fused-ring (bicyclic) bond motifs is 1. The molecular weight excluding hydrogens is 344 g/mol. The second-order valence-corrected chi connectivity index (χ2v) is 8.21. The first-order valence-electron chi connectivity index (χ1n) is 9.57. The molecule has 1 saturated heterocycles. The molecule has 2 heterocycles. The molecule has 0 radical (unpaired) electrons. The highest BCUT2D eigenvalue weighted by atomic mass is 32.1. The molecule has 0 bridgehead atoms. The average molecular weight is 371 g/mol. The van der Waals surface area contributed by atoms with E-state index in [1.807, 2.05) is 17.0 Å². The van der Waals surface area contributed by atoms with Crippen molar-refractivity contribution >= 4 is 17.2 Å². The van der Waals surface area contributed by atoms with Gasteiger partial charge in [0.05, 0.1) is 6.54 Å². The van der Waals surface area contributed by atoms with Crippen molar-refractivity contribution in [3.8, 4) is 5.75 Å². The van der Waals surface area contributed by atoms with Crippen LogP contribution < -0.4 is 10.1 Å². The fourth-order valence-electron chi connectivity index (χ4n) is 3.96. The lowest BCUT2D eigenvalue weighted by molar-refractivity contribution is -0.136. The predicted molar refractivity (Wildman–Crippen MR) is 105 cm³/mol. The molecule has 5 heteroatoms. The minimum atomic E-state index is 0.0765. The lowest BCUT2D eigenvalue weighted by Crippen LogP contribution is -2.49. The number of nitrogens with zero attached hydrogens (tertiary/aromatic N) is 1. The number of amides is 1. The Morgan fingerprint density at radius 3 is 2.96 bits per heavy atom. The first-order valence-corrected chi connectivity index (χ1v) is 10.4. The van der Waals surface area contributed by atoms with Gasteiger partial charge in [0.2, 0.25) is 0 Å². The lowest BCUT2D eigenvalue weighted by Gasteiger charge is -2.34. The number of ether oxygens (including phenoxy) is 1. The maximum absolute atomic E-state index is 13.0. The summed E-state index contributed by atoms with van der Waals surface area (Å²) < 4.78 is 5.88. The van der Waals surface area contributed by atoms with Crippen LogP contribution in [0.15, 0.2) is 35.7 Å². The maximum Gasteiger partial charge on any atom is 0.261 e. The monoisotopic (exact) mass is 370 g/mol. The van der Waals surface area contributed by atoms with Crippen LogP contribution in [0.5, 0.6) is 5.75 Å². The van der Waals surface area contributed by atoms with Crippen molar-refractivity contribution in [3.63, 3.8) is 0 Å². The van der Waals surface area contributed by atoms with E-state index in [0.29, 0.717) is 6.54 Å². The number of rotatable bonds is 6. The lowest BCUT2D eigenvalue weighted by atomic mass is 10.1. The Bertz CT molecular complexity index is 738. The minimum absolute atomic E-state index is 0.0765. The quantitative estimate of drug-likeness (QED) is 0.847. The summed E-state index contributed by atoms with van der Waals surface area (Å²) in [4.78, 5) is 16.2. The zero-order valence-electron chi connectivity index (χ0n) is 15.1. The minimum Gasteiger partial charge on any atom is -0.484 e. The summed E-state index contributed by atoms with van der Waals surface area (Å²) in [6, 6.07) is 10.7. The van der Waals surface area contributed by atoms with E-state index < -0.39 is 0 Å². The molecule has 2 aromatic rings. The van der Waals surface area contributed by atoms with Crippen LogP contribution >= 0.6 is 11.3 Å². The number of hydrogen-bond donors (Lipinski definition) is 1. The summed E-state index contributed by atoms with van der Waals surface area (Å²) in [6.45, 7) is 2.70. The van der Waals surface area contributed by atoms with Crippen molar-refractivity contribution in [2.45, 2.75) is 44.7 Å². The van der Waals surface area contributed by atoms with Crippen molar-refractivity contribution in [1.82, 2.24) is 10.2 Å². The zero-order chi connectivity index (χ0) is 17.8. The molecule has 1 N–H and O–H groups in total. The molecule has 1 fully saturated rings. The van der Waals surface area contributed by atoms with Gasteiger partial charge in [0, 0.05) is 17.5 Å². The Morgan fingerprint density at radius 1 is 1.23 bits per heavy atom. The topological polar surface area (TPSA) is 41.6 Å². The third-order valence-electron chi connectivity index (χ3n) is 5.37. The maximum atomic E-state index is 13.0. The normalized spacial score (nSPS) is 19.2. The van der Waals surface area contributed by atoms with Crippen molar-refractivity contribution < 1.29 is 9.53 Å². The molecule has 1 amide bonds. The van der Waals surface area contributed by atoms with Crippen molar-refractivity contribution in [2.24, 2.45) is 0 Å². The molecule has 1 aliphatic carbocycles. The highest BCUT2D eigenvalue weighted by Crippen LogP contribution is 2.26. The van der Waals surface area contributed by atoms with Crippen molar-refractivity contribution in [1.29, 1.82) is 0 Å². The standard InChI is InChI=1S/C21H26N2O2S/c24-21(15-25-19-9-8-16-4-1-5-17(16)12-19)23(14-20-7-3-11-26-20)18-6-2-10-22-13-18/h3,7-9,11-12,18,22H,1-2,4-6,10,13-15H2. The number of aryl methyl sites for hydroxylation is 2. The van der Waals surface area contributed by atoms with Crippen molar-refractivity contribution in [3.05, 3.63) is 51.7 Å². The van der Waals surface area contributed by atoms with Crippen LogP contribution in [0.1, 0.15) is 35.3 Å². The molecule has 1 unspecified atom stereocenters. The smallest absolute Gasteiger partial charge is 0.261 e. The highest BCUT2D eigenvalue weighted by molar-refractivity contribution is 7.09. The molecule has 4 rings (SSSR count). The van der Waals surface area contributed by atoms with Gasteiger partial charge in [0.1, 0.15) is 5.75 Å². The molecule has 0 saturated carbocycles. The molecule has 0 spiro atoms. The number of hydrogen-bond acceptors (Lipinski definition) is 4. The van der Waals surface area contributed by atoms with Gasteiger partial charge in [-0.05, 0) is 73.4 Å². The van der Waals surface area contributed by atoms with Gasteiger partial charge in [-0.2, -0.15) is 0 Å². The van der Waals surface area contributed by atoms with E-state index >= 15 is 0 Å². The summed E-state index contributed by atoms with van der Waals surface area (Å²) in [6.07, 6.45) is 5.69. The van der Waals surface area contributed by atoms with Gasteiger partial charge in [-0.25, -0.2) is 0 Å². The molecule has 1 aromatic carbocycles. The Hall–Kier alpha value is -1.85. The molecule has 1 aromatic heterocycles. The van der Waals surface area contributed by atoms with Crippen LogP contribution in [0, 0.1) is 0 Å². The van der Waals surface area contributed by atoms with E-state index in [1.165, 1.54) is 22.4 Å². The van der Waals surface area contributed by atoms with E-state index in [0.717, 1.165) is 44.5 Å². The number of nitrogens with one attached hydrogen (secondary N) is 1. The molecule has 1 atom stereocenters. The van der Waals surface area contributed by atoms with E-state index in [9.17, 15) is 4.79 Å². The van der Waals surface area contributed by atoms with Gasteiger partial charge in [-0.1, -0.05) is 12.1 Å². The summed E-state index contributed by atoms with van der Waals surface area (Å²) in [7, 11) is 0. The number of carbonyl (C=O) groups is 1. The van der Waals surface area contributed by atoms with Gasteiger partial charge in [0.25, 0.3) is 5.91 Å². The first-order chi connectivity index (χ1) is 12.8. The van der Waals surface area contributed by atoms with Crippen LogP contribution in [0.25, 0.3) is 0 Å². The van der Waals surface area contributed by atoms with Crippen molar-refractivity contribution in [2.75, 3.05) is 19.7 Å². The van der Waals surface area contributed by atoms with Gasteiger partial charge in [-0.3, -0.25) is 4.79 Å². The molecular formula is C21H26N2O2S. The summed E-state index contributed by atoms with van der Waals surface area (Å²) in [5.74, 6) is 0.893. The first kappa shape index (κ1) is 17.6. The predicted octanol–water partition coefficient (Wildman–Crippen LogP) is 3.40. The fourth-order valence-corrected chi connectivity index (χ4v) is 4.66. The van der Waals surface area contributed by atoms with Gasteiger partial charge >= 0.3 is 0 Å². The van der Waals surface area contributed by atoms with Gasteiger partial charge < -0.3 is 15.0 Å². The van der Waals surface area contributed by atoms with E-state index in [2.05, 4.69) is 28.9 Å². The van der Waals surface area contributed by atoms with E-state index in [-0.39, 0.29) is 18.6 Å². The number of carbonyl (C=O) groups excluding carboxylic acids is 1. The Balaban J connectivity index is 1.41. The Kier molecular flexibility index (Phi) is 5.56. The third kappa shape index (κ3) is 4.10. The SMILES string of the molecule is O=C(COc1ccc2c(c1)CCC2)N(Cc1cccs1)C1CCCNC1. The zero-order valence-corrected chi connectivity index (χ0v) is 15.9. The molecule has 1 aliphatic heterocycles. The number of benzene rings is 1. The number of piperidine rings is 1.